The summed E-state index contributed by atoms with van der Waals surface area (Å²) in [7, 11) is 0. The minimum absolute atomic E-state index is 0.332. The zero-order valence-electron chi connectivity index (χ0n) is 13.5. The van der Waals surface area contributed by atoms with E-state index in [-0.39, 0.29) is 0 Å². The molecular weight excluding hydrogens is 262 g/mol. The number of nitrogens with zero attached hydrogens (tertiary/aromatic N) is 1. The molecule has 0 aromatic carbocycles. The molecule has 0 atom stereocenters. The quantitative estimate of drug-likeness (QED) is 0.581. The maximum Gasteiger partial charge on any atom is 0.141 e. The van der Waals surface area contributed by atoms with Crippen LogP contribution in [0.1, 0.15) is 88.1 Å². The molecule has 118 valence electrons. The number of Topliss-reactive ketones (excluding diaryl/α,β-unsaturated/α-hetero) is 1. The van der Waals surface area contributed by atoms with Crippen molar-refractivity contribution in [2.45, 2.75) is 90.4 Å². The number of carbonyl (C=O) groups excluding carboxylic acids is 1. The van der Waals surface area contributed by atoms with Gasteiger partial charge in [-0.15, -0.1) is 0 Å². The van der Waals surface area contributed by atoms with Crippen LogP contribution >= 0.6 is 0 Å². The van der Waals surface area contributed by atoms with E-state index in [9.17, 15) is 4.79 Å². The molecule has 0 saturated carbocycles. The molecule has 0 fully saturated rings. The van der Waals surface area contributed by atoms with Crippen molar-refractivity contribution in [1.82, 2.24) is 5.16 Å². The van der Waals surface area contributed by atoms with Crippen molar-refractivity contribution in [2.75, 3.05) is 0 Å². The van der Waals surface area contributed by atoms with Crippen molar-refractivity contribution >= 4 is 5.78 Å². The third-order valence-corrected chi connectivity index (χ3v) is 4.47. The molecule has 0 N–H and O–H groups in total. The molecule has 3 heteroatoms. The minimum Gasteiger partial charge on any atom is -0.361 e. The molecule has 0 unspecified atom stereocenters. The second kappa shape index (κ2) is 9.01. The number of fused-ring (bicyclic) bond motifs is 1. The lowest BCUT2D eigenvalue weighted by molar-refractivity contribution is -0.118. The number of ketones is 1. The number of rotatable bonds is 10. The second-order valence-corrected chi connectivity index (χ2v) is 6.32. The highest BCUT2D eigenvalue weighted by molar-refractivity contribution is 5.83. The molecule has 1 aliphatic rings. The summed E-state index contributed by atoms with van der Waals surface area (Å²) in [5, 5.41) is 4.17. The van der Waals surface area contributed by atoms with Gasteiger partial charge in [0, 0.05) is 24.8 Å². The molecule has 0 amide bonds. The lowest BCUT2D eigenvalue weighted by atomic mass is 9.94. The average Bonchev–Trinajstić information content (AvgIpc) is 2.88. The molecule has 1 aliphatic carbocycles. The third-order valence-electron chi connectivity index (χ3n) is 4.47. The fraction of sp³-hybridized carbons (Fsp3) is 0.778. The molecule has 0 radical (unpaired) electrons. The van der Waals surface area contributed by atoms with Crippen molar-refractivity contribution in [1.29, 1.82) is 0 Å². The average molecular weight is 291 g/mol. The van der Waals surface area contributed by atoms with Crippen molar-refractivity contribution in [2.24, 2.45) is 0 Å². The summed E-state index contributed by atoms with van der Waals surface area (Å²) in [6, 6.07) is 0. The topological polar surface area (TPSA) is 43.1 Å². The molecule has 0 saturated heterocycles. The molecule has 0 spiro atoms. The zero-order valence-corrected chi connectivity index (χ0v) is 13.5. The Hall–Kier alpha value is -1.12. The van der Waals surface area contributed by atoms with E-state index in [1.165, 1.54) is 57.8 Å². The van der Waals surface area contributed by atoms with Gasteiger partial charge in [0.25, 0.3) is 0 Å². The molecule has 1 aromatic rings. The number of carbonyl (C=O) groups is 1. The lowest BCUT2D eigenvalue weighted by Gasteiger charge is -2.08. The maximum atomic E-state index is 11.5. The molecule has 1 heterocycles. The van der Waals surface area contributed by atoms with Crippen LogP contribution in [0.5, 0.6) is 0 Å². The van der Waals surface area contributed by atoms with Crippen LogP contribution in [-0.4, -0.2) is 10.9 Å². The Labute approximate surface area is 128 Å². The largest absolute Gasteiger partial charge is 0.361 e. The van der Waals surface area contributed by atoms with Gasteiger partial charge in [-0.05, 0) is 12.8 Å². The second-order valence-electron chi connectivity index (χ2n) is 6.32. The van der Waals surface area contributed by atoms with Gasteiger partial charge in [0.05, 0.1) is 5.69 Å². The smallest absolute Gasteiger partial charge is 0.141 e. The first-order chi connectivity index (χ1) is 10.3. The highest BCUT2D eigenvalue weighted by Crippen LogP contribution is 2.24. The van der Waals surface area contributed by atoms with Crippen LogP contribution in [0.25, 0.3) is 0 Å². The van der Waals surface area contributed by atoms with Crippen LogP contribution in [0.2, 0.25) is 0 Å². The van der Waals surface area contributed by atoms with Gasteiger partial charge in [0.2, 0.25) is 0 Å². The molecular formula is C18H29NO2. The van der Waals surface area contributed by atoms with E-state index in [0.29, 0.717) is 18.6 Å². The predicted octanol–water partition coefficient (Wildman–Crippen LogP) is 4.81. The SMILES string of the molecule is CCCCCCCCCCCc1noc2c1CC(=O)CC2. The first kappa shape index (κ1) is 16.3. The van der Waals surface area contributed by atoms with Gasteiger partial charge in [0.1, 0.15) is 11.5 Å². The molecule has 1 aromatic heterocycles. The van der Waals surface area contributed by atoms with E-state index in [1.54, 1.807) is 0 Å². The normalized spacial score (nSPS) is 14.4. The van der Waals surface area contributed by atoms with Crippen LogP contribution in [0, 0.1) is 0 Å². The van der Waals surface area contributed by atoms with Crippen LogP contribution in [0.3, 0.4) is 0 Å². The summed E-state index contributed by atoms with van der Waals surface area (Å²) in [4.78, 5) is 11.5. The van der Waals surface area contributed by atoms with Crippen molar-refractivity contribution in [3.8, 4) is 0 Å². The van der Waals surface area contributed by atoms with Crippen molar-refractivity contribution < 1.29 is 9.32 Å². The molecule has 0 bridgehead atoms. The van der Waals surface area contributed by atoms with Gasteiger partial charge in [0.15, 0.2) is 0 Å². The van der Waals surface area contributed by atoms with Crippen LogP contribution in [0.15, 0.2) is 4.52 Å². The van der Waals surface area contributed by atoms with Crippen LogP contribution in [0.4, 0.5) is 0 Å². The maximum absolute atomic E-state index is 11.5. The highest BCUT2D eigenvalue weighted by Gasteiger charge is 2.23. The monoisotopic (exact) mass is 291 g/mol. The third kappa shape index (κ3) is 5.29. The lowest BCUT2D eigenvalue weighted by Crippen LogP contribution is -2.12. The summed E-state index contributed by atoms with van der Waals surface area (Å²) < 4.78 is 5.37. The van der Waals surface area contributed by atoms with Gasteiger partial charge >= 0.3 is 0 Å². The molecule has 2 rings (SSSR count). The number of aromatic nitrogens is 1. The standard InChI is InChI=1S/C18H29NO2/c1-2-3-4-5-6-7-8-9-10-11-17-16-14-15(20)12-13-18(16)21-19-17/h2-14H2,1H3. The Morgan fingerprint density at radius 2 is 1.62 bits per heavy atom. The molecule has 21 heavy (non-hydrogen) atoms. The Bertz CT molecular complexity index is 436. The number of hydrogen-bond donors (Lipinski definition) is 0. The first-order valence-electron chi connectivity index (χ1n) is 8.79. The fourth-order valence-electron chi connectivity index (χ4n) is 3.12. The fourth-order valence-corrected chi connectivity index (χ4v) is 3.12. The summed E-state index contributed by atoms with van der Waals surface area (Å²) in [6.45, 7) is 2.26. The van der Waals surface area contributed by atoms with E-state index in [4.69, 9.17) is 4.52 Å². The van der Waals surface area contributed by atoms with Crippen LogP contribution in [-0.2, 0) is 24.1 Å². The van der Waals surface area contributed by atoms with Gasteiger partial charge < -0.3 is 4.52 Å². The Balaban J connectivity index is 1.57. The molecule has 3 nitrogen and oxygen atoms in total. The number of aryl methyl sites for hydroxylation is 2. The summed E-state index contributed by atoms with van der Waals surface area (Å²) in [6.07, 6.45) is 14.9. The van der Waals surface area contributed by atoms with Gasteiger partial charge in [-0.2, -0.15) is 0 Å². The van der Waals surface area contributed by atoms with E-state index >= 15 is 0 Å². The summed E-state index contributed by atoms with van der Waals surface area (Å²) in [5.41, 5.74) is 2.15. The first-order valence-corrected chi connectivity index (χ1v) is 8.79. The highest BCUT2D eigenvalue weighted by atomic mass is 16.5. The molecule has 0 aliphatic heterocycles. The zero-order chi connectivity index (χ0) is 14.9. The number of unbranched alkanes of at least 4 members (excludes halogenated alkanes) is 8. The Kier molecular flexibility index (Phi) is 6.98. The van der Waals surface area contributed by atoms with Crippen molar-refractivity contribution in [3.05, 3.63) is 17.0 Å². The Morgan fingerprint density at radius 1 is 0.952 bits per heavy atom. The van der Waals surface area contributed by atoms with Gasteiger partial charge in [-0.25, -0.2) is 0 Å². The van der Waals surface area contributed by atoms with E-state index < -0.39 is 0 Å². The summed E-state index contributed by atoms with van der Waals surface area (Å²) in [5.74, 6) is 1.29. The van der Waals surface area contributed by atoms with Gasteiger partial charge in [-0.3, -0.25) is 4.79 Å². The van der Waals surface area contributed by atoms with Crippen LogP contribution < -0.4 is 0 Å². The van der Waals surface area contributed by atoms with Crippen molar-refractivity contribution in [3.63, 3.8) is 0 Å². The van der Waals surface area contributed by atoms with E-state index in [1.807, 2.05) is 0 Å². The van der Waals surface area contributed by atoms with E-state index in [0.717, 1.165) is 29.9 Å². The van der Waals surface area contributed by atoms with E-state index in [2.05, 4.69) is 12.1 Å². The van der Waals surface area contributed by atoms with Gasteiger partial charge in [-0.1, -0.05) is 63.4 Å². The number of hydrogen-bond acceptors (Lipinski definition) is 3. The minimum atomic E-state index is 0.332. The Morgan fingerprint density at radius 3 is 2.33 bits per heavy atom. The summed E-state index contributed by atoms with van der Waals surface area (Å²) >= 11 is 0. The predicted molar refractivity (Wildman–Crippen MR) is 84.5 cm³/mol.